The number of hydrogen-bond donors (Lipinski definition) is 3. The molecule has 110 valence electrons. The summed E-state index contributed by atoms with van der Waals surface area (Å²) in [4.78, 5) is 14.0. The number of piperidine rings is 1. The topological polar surface area (TPSA) is 70.4 Å². The van der Waals surface area contributed by atoms with Gasteiger partial charge in [0.1, 0.15) is 0 Å². The molecule has 5 heteroatoms. The van der Waals surface area contributed by atoms with E-state index in [9.17, 15) is 4.79 Å². The van der Waals surface area contributed by atoms with Crippen LogP contribution < -0.4 is 16.4 Å². The van der Waals surface area contributed by atoms with Crippen molar-refractivity contribution in [3.8, 4) is 0 Å². The van der Waals surface area contributed by atoms with Crippen molar-refractivity contribution in [3.63, 3.8) is 0 Å². The maximum atomic E-state index is 11.6. The number of nitrogens with one attached hydrogen (secondary N) is 2. The zero-order valence-corrected chi connectivity index (χ0v) is 12.3. The van der Waals surface area contributed by atoms with Gasteiger partial charge in [-0.25, -0.2) is 0 Å². The van der Waals surface area contributed by atoms with Crippen LogP contribution in [0.25, 0.3) is 0 Å². The van der Waals surface area contributed by atoms with Crippen LogP contribution in [0.2, 0.25) is 0 Å². The van der Waals surface area contributed by atoms with Crippen LogP contribution in [0.3, 0.4) is 0 Å². The average molecular weight is 276 g/mol. The maximum absolute atomic E-state index is 11.6. The lowest BCUT2D eigenvalue weighted by Crippen LogP contribution is -2.40. The van der Waals surface area contributed by atoms with E-state index in [1.165, 1.54) is 19.3 Å². The van der Waals surface area contributed by atoms with Crippen LogP contribution in [-0.4, -0.2) is 44.0 Å². The summed E-state index contributed by atoms with van der Waals surface area (Å²) in [5.41, 5.74) is 8.11. The molecule has 1 unspecified atom stereocenters. The minimum Gasteiger partial charge on any atom is -0.397 e. The fourth-order valence-corrected chi connectivity index (χ4v) is 2.62. The number of carbonyl (C=O) groups is 1. The molecule has 1 atom stereocenters. The predicted molar refractivity (Wildman–Crippen MR) is 83.0 cm³/mol. The number of nitrogens with two attached hydrogens (primary N) is 1. The first kappa shape index (κ1) is 14.7. The molecular formula is C15H24N4O. The van der Waals surface area contributed by atoms with Crippen molar-refractivity contribution in [2.75, 3.05) is 38.2 Å². The Morgan fingerprint density at radius 1 is 1.45 bits per heavy atom. The van der Waals surface area contributed by atoms with Crippen molar-refractivity contribution in [1.29, 1.82) is 0 Å². The Balaban J connectivity index is 2.02. The predicted octanol–water partition coefficient (Wildman–Crippen LogP) is 1.52. The zero-order chi connectivity index (χ0) is 14.5. The van der Waals surface area contributed by atoms with Gasteiger partial charge in [-0.2, -0.15) is 0 Å². The lowest BCUT2D eigenvalue weighted by atomic mass is 10.0. The smallest absolute Gasteiger partial charge is 0.251 e. The number of rotatable bonds is 4. The van der Waals surface area contributed by atoms with Crippen LogP contribution in [0.1, 0.15) is 29.6 Å². The quantitative estimate of drug-likeness (QED) is 0.729. The van der Waals surface area contributed by atoms with E-state index in [0.717, 1.165) is 18.8 Å². The molecule has 2 rings (SSSR count). The minimum absolute atomic E-state index is 0.0946. The number of anilines is 2. The fraction of sp³-hybridized carbons (Fsp3) is 0.533. The molecule has 1 heterocycles. The van der Waals surface area contributed by atoms with E-state index in [2.05, 4.69) is 22.6 Å². The largest absolute Gasteiger partial charge is 0.397 e. The van der Waals surface area contributed by atoms with Crippen LogP contribution in [0.5, 0.6) is 0 Å². The summed E-state index contributed by atoms with van der Waals surface area (Å²) in [7, 11) is 3.79. The molecule has 0 spiro atoms. The number of amides is 1. The van der Waals surface area contributed by atoms with E-state index in [4.69, 9.17) is 5.73 Å². The van der Waals surface area contributed by atoms with E-state index in [-0.39, 0.29) is 5.91 Å². The van der Waals surface area contributed by atoms with Crippen molar-refractivity contribution in [2.45, 2.75) is 25.3 Å². The third-order valence-corrected chi connectivity index (χ3v) is 3.99. The van der Waals surface area contributed by atoms with Crippen molar-refractivity contribution >= 4 is 17.3 Å². The van der Waals surface area contributed by atoms with Crippen LogP contribution in [0.4, 0.5) is 11.4 Å². The third kappa shape index (κ3) is 3.42. The molecule has 0 radical (unpaired) electrons. The highest BCUT2D eigenvalue weighted by Crippen LogP contribution is 2.22. The van der Waals surface area contributed by atoms with Crippen LogP contribution in [0, 0.1) is 0 Å². The van der Waals surface area contributed by atoms with Crippen LogP contribution >= 0.6 is 0 Å². The summed E-state index contributed by atoms with van der Waals surface area (Å²) in [6.07, 6.45) is 3.77. The molecule has 1 aliphatic heterocycles. The van der Waals surface area contributed by atoms with E-state index in [1.54, 1.807) is 19.2 Å². The summed E-state index contributed by atoms with van der Waals surface area (Å²) >= 11 is 0. The maximum Gasteiger partial charge on any atom is 0.251 e. The number of likely N-dealkylation sites (tertiary alicyclic amines) is 1. The molecule has 1 aliphatic rings. The summed E-state index contributed by atoms with van der Waals surface area (Å²) in [6.45, 7) is 2.01. The Bertz CT molecular complexity index is 475. The highest BCUT2D eigenvalue weighted by molar-refractivity contribution is 5.96. The van der Waals surface area contributed by atoms with Crippen molar-refractivity contribution in [2.24, 2.45) is 0 Å². The molecule has 0 aliphatic carbocycles. The molecule has 0 bridgehead atoms. The van der Waals surface area contributed by atoms with Crippen molar-refractivity contribution in [3.05, 3.63) is 23.8 Å². The molecule has 5 nitrogen and oxygen atoms in total. The molecule has 1 aromatic rings. The number of benzene rings is 1. The Kier molecular flexibility index (Phi) is 4.84. The lowest BCUT2D eigenvalue weighted by Gasteiger charge is -2.32. The Morgan fingerprint density at radius 2 is 2.25 bits per heavy atom. The van der Waals surface area contributed by atoms with Crippen LogP contribution in [-0.2, 0) is 0 Å². The molecule has 1 aromatic carbocycles. The Labute approximate surface area is 120 Å². The standard InChI is InChI=1S/C15H24N4O/c1-17-15(20)11-6-7-13(16)14(9-11)18-10-12-5-3-4-8-19(12)2/h6-7,9,12,18H,3-5,8,10,16H2,1-2H3,(H,17,20). The second-order valence-corrected chi connectivity index (χ2v) is 5.39. The molecular weight excluding hydrogens is 252 g/mol. The number of nitrogen functional groups attached to an aromatic ring is 1. The van der Waals surface area contributed by atoms with Gasteiger partial charge in [0.05, 0.1) is 11.4 Å². The Hall–Kier alpha value is -1.75. The van der Waals surface area contributed by atoms with Gasteiger partial charge in [-0.05, 0) is 44.6 Å². The summed E-state index contributed by atoms with van der Waals surface area (Å²) in [5.74, 6) is -0.0946. The zero-order valence-electron chi connectivity index (χ0n) is 12.3. The third-order valence-electron chi connectivity index (χ3n) is 3.99. The average Bonchev–Trinajstić information content (AvgIpc) is 2.47. The second kappa shape index (κ2) is 6.61. The molecule has 0 aromatic heterocycles. The highest BCUT2D eigenvalue weighted by atomic mass is 16.1. The molecule has 1 amide bonds. The first-order valence-electron chi connectivity index (χ1n) is 7.17. The molecule has 20 heavy (non-hydrogen) atoms. The molecule has 0 saturated carbocycles. The summed E-state index contributed by atoms with van der Waals surface area (Å²) in [6, 6.07) is 5.87. The van der Waals surface area contributed by atoms with E-state index in [1.807, 2.05) is 6.07 Å². The van der Waals surface area contributed by atoms with Gasteiger partial charge in [0.15, 0.2) is 0 Å². The van der Waals surface area contributed by atoms with Gasteiger partial charge in [-0.1, -0.05) is 6.42 Å². The van der Waals surface area contributed by atoms with Crippen LogP contribution in [0.15, 0.2) is 18.2 Å². The van der Waals surface area contributed by atoms with Gasteiger partial charge in [0.25, 0.3) is 5.91 Å². The molecule has 4 N–H and O–H groups in total. The first-order valence-corrected chi connectivity index (χ1v) is 7.17. The van der Waals surface area contributed by atoms with Crippen molar-refractivity contribution in [1.82, 2.24) is 10.2 Å². The normalized spacial score (nSPS) is 19.6. The number of likely N-dealkylation sites (N-methyl/N-ethyl adjacent to an activating group) is 1. The van der Waals surface area contributed by atoms with Gasteiger partial charge in [0.2, 0.25) is 0 Å². The number of hydrogen-bond acceptors (Lipinski definition) is 4. The van der Waals surface area contributed by atoms with Crippen molar-refractivity contribution < 1.29 is 4.79 Å². The highest BCUT2D eigenvalue weighted by Gasteiger charge is 2.18. The van der Waals surface area contributed by atoms with E-state index < -0.39 is 0 Å². The van der Waals surface area contributed by atoms with Gasteiger partial charge in [0, 0.05) is 25.2 Å². The number of carbonyl (C=O) groups excluding carboxylic acids is 1. The number of nitrogens with zero attached hydrogens (tertiary/aromatic N) is 1. The van der Waals surface area contributed by atoms with Gasteiger partial charge in [-0.15, -0.1) is 0 Å². The van der Waals surface area contributed by atoms with E-state index in [0.29, 0.717) is 17.3 Å². The fourth-order valence-electron chi connectivity index (χ4n) is 2.62. The Morgan fingerprint density at radius 3 is 2.95 bits per heavy atom. The van der Waals surface area contributed by atoms with Gasteiger partial charge < -0.3 is 21.3 Å². The SMILES string of the molecule is CNC(=O)c1ccc(N)c(NCC2CCCCN2C)c1. The molecule has 1 fully saturated rings. The second-order valence-electron chi connectivity index (χ2n) is 5.39. The summed E-state index contributed by atoms with van der Waals surface area (Å²) in [5, 5.41) is 6.01. The van der Waals surface area contributed by atoms with Gasteiger partial charge in [-0.3, -0.25) is 4.79 Å². The van der Waals surface area contributed by atoms with E-state index >= 15 is 0 Å². The molecule has 1 saturated heterocycles. The first-order chi connectivity index (χ1) is 9.61. The lowest BCUT2D eigenvalue weighted by molar-refractivity contribution is 0.0963. The van der Waals surface area contributed by atoms with Gasteiger partial charge >= 0.3 is 0 Å². The monoisotopic (exact) mass is 276 g/mol. The minimum atomic E-state index is -0.0946. The summed E-state index contributed by atoms with van der Waals surface area (Å²) < 4.78 is 0.